The summed E-state index contributed by atoms with van der Waals surface area (Å²) in [7, 11) is 0. The zero-order chi connectivity index (χ0) is 13.9. The molecule has 1 rings (SSSR count). The third-order valence-corrected chi connectivity index (χ3v) is 2.42. The molecule has 1 atom stereocenters. The predicted molar refractivity (Wildman–Crippen MR) is 62.4 cm³/mol. The van der Waals surface area contributed by atoms with E-state index in [0.29, 0.717) is 4.57 Å². The lowest BCUT2D eigenvalue weighted by atomic mass is 10.3. The van der Waals surface area contributed by atoms with Crippen LogP contribution in [0.1, 0.15) is 6.92 Å². The zero-order valence-corrected chi connectivity index (χ0v) is 9.78. The minimum absolute atomic E-state index is 0.152. The molecule has 0 aliphatic carbocycles. The maximum Gasteiger partial charge on any atom is 0.350 e. The maximum absolute atomic E-state index is 11.8. The summed E-state index contributed by atoms with van der Waals surface area (Å²) < 4.78 is 1.65. The summed E-state index contributed by atoms with van der Waals surface area (Å²) >= 11 is 0. The van der Waals surface area contributed by atoms with Crippen LogP contribution in [0.4, 0.5) is 5.69 Å². The van der Waals surface area contributed by atoms with Gasteiger partial charge >= 0.3 is 16.9 Å². The first-order chi connectivity index (χ1) is 8.42. The minimum Gasteiger partial charge on any atom is -0.390 e. The van der Waals surface area contributed by atoms with Crippen molar-refractivity contribution in [1.82, 2.24) is 9.13 Å². The Hall–Kier alpha value is -2.00. The SMILES string of the molecule is CCn1cc([N+](=O)[O-])c(=O)n(CC(O)CN)c1=O. The Morgan fingerprint density at radius 3 is 2.61 bits per heavy atom. The van der Waals surface area contributed by atoms with Crippen LogP contribution < -0.4 is 17.0 Å². The average molecular weight is 258 g/mol. The van der Waals surface area contributed by atoms with Gasteiger partial charge in [-0.1, -0.05) is 0 Å². The van der Waals surface area contributed by atoms with Crippen molar-refractivity contribution in [2.24, 2.45) is 5.73 Å². The minimum atomic E-state index is -1.11. The molecule has 1 aromatic rings. The van der Waals surface area contributed by atoms with E-state index in [2.05, 4.69) is 0 Å². The van der Waals surface area contributed by atoms with E-state index in [4.69, 9.17) is 5.73 Å². The number of nitrogens with two attached hydrogens (primary N) is 1. The van der Waals surface area contributed by atoms with Crippen molar-refractivity contribution in [3.05, 3.63) is 37.1 Å². The lowest BCUT2D eigenvalue weighted by molar-refractivity contribution is -0.387. The molecule has 9 heteroatoms. The Morgan fingerprint density at radius 1 is 1.56 bits per heavy atom. The van der Waals surface area contributed by atoms with Gasteiger partial charge in [-0.05, 0) is 6.92 Å². The Bertz CT molecular complexity index is 561. The Balaban J connectivity index is 3.48. The number of nitrogens with zero attached hydrogens (tertiary/aromatic N) is 3. The summed E-state index contributed by atoms with van der Waals surface area (Å²) in [6, 6.07) is 0. The number of aliphatic hydroxyl groups is 1. The average Bonchev–Trinajstić information content (AvgIpc) is 2.33. The molecule has 0 spiro atoms. The molecule has 0 fully saturated rings. The molecule has 0 saturated heterocycles. The van der Waals surface area contributed by atoms with Crippen LogP contribution in [0.2, 0.25) is 0 Å². The summed E-state index contributed by atoms with van der Waals surface area (Å²) in [5.41, 5.74) is 2.73. The van der Waals surface area contributed by atoms with Crippen LogP contribution in [0.5, 0.6) is 0 Å². The second kappa shape index (κ2) is 5.56. The molecule has 0 amide bonds. The van der Waals surface area contributed by atoms with Gasteiger partial charge < -0.3 is 10.8 Å². The summed E-state index contributed by atoms with van der Waals surface area (Å²) in [6.07, 6.45) is -0.210. The van der Waals surface area contributed by atoms with Gasteiger partial charge in [0.05, 0.1) is 23.8 Å². The first kappa shape index (κ1) is 14.1. The number of hydrogen-bond donors (Lipinski definition) is 2. The number of hydrogen-bond acceptors (Lipinski definition) is 6. The first-order valence-corrected chi connectivity index (χ1v) is 5.29. The van der Waals surface area contributed by atoms with Crippen molar-refractivity contribution in [2.45, 2.75) is 26.1 Å². The van der Waals surface area contributed by atoms with E-state index in [1.165, 1.54) is 0 Å². The third kappa shape index (κ3) is 2.63. The van der Waals surface area contributed by atoms with Crippen molar-refractivity contribution in [3.63, 3.8) is 0 Å². The molecular weight excluding hydrogens is 244 g/mol. The molecule has 0 aliphatic heterocycles. The van der Waals surface area contributed by atoms with Gasteiger partial charge in [-0.2, -0.15) is 0 Å². The lowest BCUT2D eigenvalue weighted by Gasteiger charge is -2.11. The number of aromatic nitrogens is 2. The number of aliphatic hydroxyl groups excluding tert-OH is 1. The van der Waals surface area contributed by atoms with E-state index >= 15 is 0 Å². The van der Waals surface area contributed by atoms with Crippen LogP contribution >= 0.6 is 0 Å². The summed E-state index contributed by atoms with van der Waals surface area (Å²) in [5.74, 6) is 0. The number of aryl methyl sites for hydroxylation is 1. The lowest BCUT2D eigenvalue weighted by Crippen LogP contribution is -2.43. The second-order valence-corrected chi connectivity index (χ2v) is 3.65. The van der Waals surface area contributed by atoms with E-state index in [9.17, 15) is 24.8 Å². The first-order valence-electron chi connectivity index (χ1n) is 5.29. The van der Waals surface area contributed by atoms with Gasteiger partial charge in [-0.3, -0.25) is 24.0 Å². The van der Waals surface area contributed by atoms with Crippen LogP contribution in [0.3, 0.4) is 0 Å². The molecule has 100 valence electrons. The molecule has 0 saturated carbocycles. The third-order valence-electron chi connectivity index (χ3n) is 2.42. The summed E-state index contributed by atoms with van der Waals surface area (Å²) in [6.45, 7) is 1.27. The highest BCUT2D eigenvalue weighted by Gasteiger charge is 2.20. The smallest absolute Gasteiger partial charge is 0.350 e. The zero-order valence-electron chi connectivity index (χ0n) is 9.78. The van der Waals surface area contributed by atoms with Crippen molar-refractivity contribution in [3.8, 4) is 0 Å². The highest BCUT2D eigenvalue weighted by atomic mass is 16.6. The Kier molecular flexibility index (Phi) is 4.34. The second-order valence-electron chi connectivity index (χ2n) is 3.65. The molecule has 1 unspecified atom stereocenters. The van der Waals surface area contributed by atoms with Gasteiger partial charge in [0.1, 0.15) is 0 Å². The quantitative estimate of drug-likeness (QED) is 0.475. The van der Waals surface area contributed by atoms with Crippen LogP contribution in [-0.2, 0) is 13.1 Å². The maximum atomic E-state index is 11.8. The van der Waals surface area contributed by atoms with Crippen molar-refractivity contribution in [2.75, 3.05) is 6.54 Å². The monoisotopic (exact) mass is 258 g/mol. The molecule has 3 N–H and O–H groups in total. The molecule has 18 heavy (non-hydrogen) atoms. The van der Waals surface area contributed by atoms with E-state index in [1.54, 1.807) is 6.92 Å². The van der Waals surface area contributed by atoms with Crippen molar-refractivity contribution >= 4 is 5.69 Å². The predicted octanol–water partition coefficient (Wildman–Crippen LogP) is -1.74. The Labute approximate surface area is 101 Å². The van der Waals surface area contributed by atoms with Gasteiger partial charge in [0.25, 0.3) is 0 Å². The molecule has 1 aromatic heterocycles. The molecule has 9 nitrogen and oxygen atoms in total. The molecule has 0 aliphatic rings. The molecule has 0 bridgehead atoms. The fourth-order valence-corrected chi connectivity index (χ4v) is 1.44. The molecule has 1 heterocycles. The van der Waals surface area contributed by atoms with E-state index in [-0.39, 0.29) is 19.6 Å². The van der Waals surface area contributed by atoms with Gasteiger partial charge in [0.15, 0.2) is 0 Å². The fraction of sp³-hybridized carbons (Fsp3) is 0.556. The molecular formula is C9H14N4O5. The standard InChI is InChI=1S/C9H14N4O5/c1-2-11-5-7(13(17)18)8(15)12(9(11)16)4-6(14)3-10/h5-6,14H,2-4,10H2,1H3. The van der Waals surface area contributed by atoms with Crippen LogP contribution in [0.15, 0.2) is 15.8 Å². The highest BCUT2D eigenvalue weighted by molar-refractivity contribution is 5.21. The summed E-state index contributed by atoms with van der Waals surface area (Å²) in [5, 5.41) is 20.0. The van der Waals surface area contributed by atoms with Gasteiger partial charge in [-0.25, -0.2) is 4.79 Å². The van der Waals surface area contributed by atoms with Gasteiger partial charge in [-0.15, -0.1) is 0 Å². The number of nitro groups is 1. The van der Waals surface area contributed by atoms with Crippen LogP contribution in [0, 0.1) is 10.1 Å². The van der Waals surface area contributed by atoms with Crippen LogP contribution in [-0.4, -0.2) is 31.8 Å². The molecule has 0 radical (unpaired) electrons. The highest BCUT2D eigenvalue weighted by Crippen LogP contribution is 2.00. The Morgan fingerprint density at radius 2 is 2.17 bits per heavy atom. The largest absolute Gasteiger partial charge is 0.390 e. The van der Waals surface area contributed by atoms with E-state index < -0.39 is 28.0 Å². The van der Waals surface area contributed by atoms with E-state index in [0.717, 1.165) is 10.8 Å². The van der Waals surface area contributed by atoms with E-state index in [1.807, 2.05) is 0 Å². The van der Waals surface area contributed by atoms with Gasteiger partial charge in [0, 0.05) is 13.1 Å². The van der Waals surface area contributed by atoms with Crippen molar-refractivity contribution < 1.29 is 10.0 Å². The van der Waals surface area contributed by atoms with Gasteiger partial charge in [0.2, 0.25) is 0 Å². The summed E-state index contributed by atoms with van der Waals surface area (Å²) in [4.78, 5) is 33.3. The topological polar surface area (TPSA) is 133 Å². The normalized spacial score (nSPS) is 12.4. The van der Waals surface area contributed by atoms with Crippen molar-refractivity contribution in [1.29, 1.82) is 0 Å². The number of rotatable bonds is 5. The fourth-order valence-electron chi connectivity index (χ4n) is 1.44. The molecule has 0 aromatic carbocycles. The van der Waals surface area contributed by atoms with Crippen LogP contribution in [0.25, 0.3) is 0 Å².